The van der Waals surface area contributed by atoms with Crippen LogP contribution in [0.15, 0.2) is 6.33 Å². The van der Waals surface area contributed by atoms with E-state index in [-0.39, 0.29) is 5.88 Å². The van der Waals surface area contributed by atoms with Crippen LogP contribution in [0.5, 0.6) is 5.88 Å². The molecule has 54 valence electrons. The van der Waals surface area contributed by atoms with Crippen molar-refractivity contribution in [1.29, 1.82) is 0 Å². The molecule has 0 saturated carbocycles. The summed E-state index contributed by atoms with van der Waals surface area (Å²) in [4.78, 5) is 7.43. The maximum Gasteiger partial charge on any atom is 0.217 e. The van der Waals surface area contributed by atoms with Crippen molar-refractivity contribution < 1.29 is 5.11 Å². The highest BCUT2D eigenvalue weighted by atomic mass is 35.5. The molecule has 4 heteroatoms. The van der Waals surface area contributed by atoms with Gasteiger partial charge in [0, 0.05) is 5.56 Å². The van der Waals surface area contributed by atoms with Gasteiger partial charge in [-0.15, -0.1) is 11.6 Å². The van der Waals surface area contributed by atoms with Gasteiger partial charge in [0.1, 0.15) is 6.33 Å². The minimum atomic E-state index is 0.00523. The summed E-state index contributed by atoms with van der Waals surface area (Å²) in [7, 11) is 0. The largest absolute Gasteiger partial charge is 0.493 e. The maximum atomic E-state index is 9.02. The van der Waals surface area contributed by atoms with Crippen LogP contribution >= 0.6 is 11.6 Å². The van der Waals surface area contributed by atoms with Gasteiger partial charge >= 0.3 is 0 Å². The third-order valence-electron chi connectivity index (χ3n) is 1.29. The molecule has 0 aromatic carbocycles. The standard InChI is InChI=1S/C6H7ClN2O/c1-4-5(2-7)8-3-9-6(4)10/h3H,2H2,1H3,(H,8,9,10). The lowest BCUT2D eigenvalue weighted by Crippen LogP contribution is -1.91. The average molecular weight is 159 g/mol. The lowest BCUT2D eigenvalue weighted by molar-refractivity contribution is 0.446. The summed E-state index contributed by atoms with van der Waals surface area (Å²) in [5.74, 6) is 0.313. The third-order valence-corrected chi connectivity index (χ3v) is 1.54. The molecule has 0 bridgehead atoms. The van der Waals surface area contributed by atoms with E-state index in [1.165, 1.54) is 6.33 Å². The quantitative estimate of drug-likeness (QED) is 0.626. The lowest BCUT2D eigenvalue weighted by atomic mass is 10.3. The molecule has 1 rings (SSSR count). The van der Waals surface area contributed by atoms with Crippen molar-refractivity contribution in [1.82, 2.24) is 9.97 Å². The molecule has 0 aliphatic rings. The van der Waals surface area contributed by atoms with Crippen molar-refractivity contribution in [2.45, 2.75) is 12.8 Å². The van der Waals surface area contributed by atoms with Crippen molar-refractivity contribution in [2.24, 2.45) is 0 Å². The van der Waals surface area contributed by atoms with Crippen molar-refractivity contribution >= 4 is 11.6 Å². The minimum absolute atomic E-state index is 0.00523. The Balaban J connectivity index is 3.14. The summed E-state index contributed by atoms with van der Waals surface area (Å²) < 4.78 is 0. The summed E-state index contributed by atoms with van der Waals surface area (Å²) in [6.45, 7) is 1.73. The molecule has 0 aliphatic heterocycles. The molecule has 0 atom stereocenters. The smallest absolute Gasteiger partial charge is 0.217 e. The van der Waals surface area contributed by atoms with Gasteiger partial charge in [-0.3, -0.25) is 0 Å². The number of aromatic hydroxyl groups is 1. The SMILES string of the molecule is Cc1c(O)ncnc1CCl. The first kappa shape index (κ1) is 7.28. The molecule has 1 aromatic rings. The van der Waals surface area contributed by atoms with E-state index in [1.54, 1.807) is 6.92 Å². The van der Waals surface area contributed by atoms with E-state index in [2.05, 4.69) is 9.97 Å². The van der Waals surface area contributed by atoms with Crippen molar-refractivity contribution in [3.05, 3.63) is 17.6 Å². The Morgan fingerprint density at radius 2 is 2.30 bits per heavy atom. The normalized spacial score (nSPS) is 9.80. The van der Waals surface area contributed by atoms with Crippen molar-refractivity contribution in [2.75, 3.05) is 0 Å². The highest BCUT2D eigenvalue weighted by Gasteiger charge is 2.02. The van der Waals surface area contributed by atoms with E-state index in [1.807, 2.05) is 0 Å². The Morgan fingerprint density at radius 3 is 2.80 bits per heavy atom. The summed E-state index contributed by atoms with van der Waals surface area (Å²) in [5, 5.41) is 9.02. The van der Waals surface area contributed by atoms with Crippen molar-refractivity contribution in [3.63, 3.8) is 0 Å². The van der Waals surface area contributed by atoms with Crippen LogP contribution in [0.2, 0.25) is 0 Å². The molecule has 10 heavy (non-hydrogen) atoms. The van der Waals surface area contributed by atoms with Crippen LogP contribution in [0.1, 0.15) is 11.3 Å². The van der Waals surface area contributed by atoms with Gasteiger partial charge in [0.2, 0.25) is 5.88 Å². The van der Waals surface area contributed by atoms with Gasteiger partial charge in [-0.05, 0) is 6.92 Å². The molecule has 0 unspecified atom stereocenters. The summed E-state index contributed by atoms with van der Waals surface area (Å²) >= 11 is 5.50. The number of hydrogen-bond acceptors (Lipinski definition) is 3. The molecular weight excluding hydrogens is 152 g/mol. The first-order valence-electron chi connectivity index (χ1n) is 2.81. The zero-order chi connectivity index (χ0) is 7.56. The Labute approximate surface area is 63.7 Å². The molecule has 0 radical (unpaired) electrons. The van der Waals surface area contributed by atoms with E-state index in [0.717, 1.165) is 0 Å². The van der Waals surface area contributed by atoms with E-state index in [4.69, 9.17) is 16.7 Å². The fraction of sp³-hybridized carbons (Fsp3) is 0.333. The van der Waals surface area contributed by atoms with Crippen molar-refractivity contribution in [3.8, 4) is 5.88 Å². The van der Waals surface area contributed by atoms with E-state index in [9.17, 15) is 0 Å². The molecule has 1 heterocycles. The monoisotopic (exact) mass is 158 g/mol. The Bertz CT molecular complexity index is 239. The van der Waals surface area contributed by atoms with Crippen LogP contribution < -0.4 is 0 Å². The zero-order valence-electron chi connectivity index (χ0n) is 5.50. The molecule has 0 saturated heterocycles. The maximum absolute atomic E-state index is 9.02. The summed E-state index contributed by atoms with van der Waals surface area (Å²) in [5.41, 5.74) is 1.33. The summed E-state index contributed by atoms with van der Waals surface area (Å²) in [6, 6.07) is 0. The number of halogens is 1. The molecular formula is C6H7ClN2O. The number of alkyl halides is 1. The van der Waals surface area contributed by atoms with Crippen LogP contribution in [0.3, 0.4) is 0 Å². The van der Waals surface area contributed by atoms with E-state index >= 15 is 0 Å². The van der Waals surface area contributed by atoms with Crippen LogP contribution in [0.4, 0.5) is 0 Å². The highest BCUT2D eigenvalue weighted by Crippen LogP contribution is 2.14. The van der Waals surface area contributed by atoms with Crippen LogP contribution in [0.25, 0.3) is 0 Å². The van der Waals surface area contributed by atoms with Gasteiger partial charge in [-0.25, -0.2) is 9.97 Å². The van der Waals surface area contributed by atoms with Gasteiger partial charge in [-0.2, -0.15) is 0 Å². The van der Waals surface area contributed by atoms with E-state index in [0.29, 0.717) is 17.1 Å². The van der Waals surface area contributed by atoms with Gasteiger partial charge in [0.25, 0.3) is 0 Å². The second kappa shape index (κ2) is 2.84. The third kappa shape index (κ3) is 1.19. The number of nitrogens with zero attached hydrogens (tertiary/aromatic N) is 2. The minimum Gasteiger partial charge on any atom is -0.493 e. The molecule has 0 spiro atoms. The Hall–Kier alpha value is -0.830. The molecule has 1 aromatic heterocycles. The fourth-order valence-corrected chi connectivity index (χ4v) is 0.880. The van der Waals surface area contributed by atoms with Gasteiger partial charge < -0.3 is 5.11 Å². The molecule has 1 N–H and O–H groups in total. The lowest BCUT2D eigenvalue weighted by Gasteiger charge is -1.99. The summed E-state index contributed by atoms with van der Waals surface area (Å²) in [6.07, 6.45) is 1.29. The Morgan fingerprint density at radius 1 is 1.60 bits per heavy atom. The molecule has 0 aliphatic carbocycles. The number of rotatable bonds is 1. The van der Waals surface area contributed by atoms with Crippen LogP contribution in [-0.4, -0.2) is 15.1 Å². The first-order chi connectivity index (χ1) is 4.75. The topological polar surface area (TPSA) is 46.0 Å². The average Bonchev–Trinajstić information content (AvgIpc) is 1.95. The van der Waals surface area contributed by atoms with E-state index < -0.39 is 0 Å². The molecule has 0 amide bonds. The number of aromatic nitrogens is 2. The Kier molecular flexibility index (Phi) is 2.06. The van der Waals surface area contributed by atoms with Gasteiger partial charge in [-0.1, -0.05) is 0 Å². The first-order valence-corrected chi connectivity index (χ1v) is 3.34. The second-order valence-corrected chi connectivity index (χ2v) is 2.17. The second-order valence-electron chi connectivity index (χ2n) is 1.90. The fourth-order valence-electron chi connectivity index (χ4n) is 0.611. The van der Waals surface area contributed by atoms with Gasteiger partial charge in [0.05, 0.1) is 11.6 Å². The predicted octanol–water partition coefficient (Wildman–Crippen LogP) is 1.23. The highest BCUT2D eigenvalue weighted by molar-refractivity contribution is 6.17. The zero-order valence-corrected chi connectivity index (χ0v) is 6.26. The molecule has 0 fully saturated rings. The van der Waals surface area contributed by atoms with Crippen LogP contribution in [0, 0.1) is 6.92 Å². The van der Waals surface area contributed by atoms with Gasteiger partial charge in [0.15, 0.2) is 0 Å². The molecule has 3 nitrogen and oxygen atoms in total. The van der Waals surface area contributed by atoms with Crippen LogP contribution in [-0.2, 0) is 5.88 Å². The predicted molar refractivity (Wildman–Crippen MR) is 38.0 cm³/mol. The number of hydrogen-bond donors (Lipinski definition) is 1.